The van der Waals surface area contributed by atoms with Crippen LogP contribution in [0.15, 0.2) is 41.0 Å². The molecular weight excluding hydrogens is 252 g/mol. The monoisotopic (exact) mass is 272 g/mol. The molecule has 0 aliphatic carbocycles. The first-order chi connectivity index (χ1) is 9.49. The molecule has 4 heteroatoms. The van der Waals surface area contributed by atoms with Crippen molar-refractivity contribution in [1.82, 2.24) is 4.90 Å². The van der Waals surface area contributed by atoms with Gasteiger partial charge in [-0.1, -0.05) is 18.2 Å². The highest BCUT2D eigenvalue weighted by molar-refractivity contribution is 5.94. The van der Waals surface area contributed by atoms with Gasteiger partial charge in [0, 0.05) is 18.3 Å². The molecule has 2 N–H and O–H groups in total. The highest BCUT2D eigenvalue weighted by Gasteiger charge is 2.21. The van der Waals surface area contributed by atoms with Gasteiger partial charge in [0.15, 0.2) is 0 Å². The van der Waals surface area contributed by atoms with Crippen LogP contribution in [0.2, 0.25) is 0 Å². The topological polar surface area (TPSA) is 59.5 Å². The Morgan fingerprint density at radius 1 is 1.35 bits per heavy atom. The van der Waals surface area contributed by atoms with Crippen LogP contribution in [0.1, 0.15) is 35.5 Å². The van der Waals surface area contributed by atoms with E-state index in [1.54, 1.807) is 11.0 Å². The van der Waals surface area contributed by atoms with Crippen molar-refractivity contribution in [3.8, 4) is 0 Å². The second-order valence-corrected chi connectivity index (χ2v) is 5.17. The predicted octanol–water partition coefficient (Wildman–Crippen LogP) is 3.22. The van der Waals surface area contributed by atoms with E-state index in [4.69, 9.17) is 10.2 Å². The molecule has 1 aromatic carbocycles. The summed E-state index contributed by atoms with van der Waals surface area (Å²) in [5.74, 6) is 0.691. The molecule has 1 aromatic heterocycles. The molecule has 0 fully saturated rings. The molecule has 0 atom stereocenters. The van der Waals surface area contributed by atoms with Crippen molar-refractivity contribution >= 4 is 11.6 Å². The third-order valence-electron chi connectivity index (χ3n) is 3.26. The number of anilines is 1. The van der Waals surface area contributed by atoms with Crippen molar-refractivity contribution in [2.24, 2.45) is 0 Å². The number of benzene rings is 1. The minimum absolute atomic E-state index is 0.0416. The summed E-state index contributed by atoms with van der Waals surface area (Å²) in [5.41, 5.74) is 8.19. The first-order valence-corrected chi connectivity index (χ1v) is 6.68. The molecule has 0 saturated carbocycles. The van der Waals surface area contributed by atoms with Crippen LogP contribution in [-0.4, -0.2) is 16.8 Å². The fourth-order valence-electron chi connectivity index (χ4n) is 2.07. The van der Waals surface area contributed by atoms with Crippen molar-refractivity contribution in [2.45, 2.75) is 33.4 Å². The second kappa shape index (κ2) is 5.82. The zero-order valence-corrected chi connectivity index (χ0v) is 12.1. The number of aryl methyl sites for hydroxylation is 1. The summed E-state index contributed by atoms with van der Waals surface area (Å²) >= 11 is 0. The second-order valence-electron chi connectivity index (χ2n) is 5.17. The van der Waals surface area contributed by atoms with Crippen molar-refractivity contribution in [2.75, 3.05) is 5.73 Å². The SMILES string of the molecule is Cc1cc(C(=O)N(Cc2ccccc2N)C(C)C)co1. The average molecular weight is 272 g/mol. The lowest BCUT2D eigenvalue weighted by Gasteiger charge is -2.27. The maximum absolute atomic E-state index is 12.5. The molecule has 0 saturated heterocycles. The molecule has 0 aliphatic heterocycles. The van der Waals surface area contributed by atoms with Crippen molar-refractivity contribution in [3.63, 3.8) is 0 Å². The zero-order valence-electron chi connectivity index (χ0n) is 12.1. The first kappa shape index (κ1) is 14.2. The average Bonchev–Trinajstić information content (AvgIpc) is 2.83. The number of hydrogen-bond acceptors (Lipinski definition) is 3. The van der Waals surface area contributed by atoms with Gasteiger partial charge in [0.1, 0.15) is 12.0 Å². The maximum atomic E-state index is 12.5. The van der Waals surface area contributed by atoms with Gasteiger partial charge in [-0.2, -0.15) is 0 Å². The van der Waals surface area contributed by atoms with E-state index in [-0.39, 0.29) is 11.9 Å². The molecule has 2 aromatic rings. The molecule has 0 unspecified atom stereocenters. The highest BCUT2D eigenvalue weighted by Crippen LogP contribution is 2.18. The largest absolute Gasteiger partial charge is 0.469 e. The van der Waals surface area contributed by atoms with E-state index in [0.717, 1.165) is 11.3 Å². The maximum Gasteiger partial charge on any atom is 0.257 e. The van der Waals surface area contributed by atoms with Crippen LogP contribution >= 0.6 is 0 Å². The molecule has 20 heavy (non-hydrogen) atoms. The Labute approximate surface area is 119 Å². The van der Waals surface area contributed by atoms with Gasteiger partial charge in [0.25, 0.3) is 5.91 Å². The van der Waals surface area contributed by atoms with Crippen molar-refractivity contribution in [3.05, 3.63) is 53.5 Å². The minimum atomic E-state index is -0.0416. The van der Waals surface area contributed by atoms with E-state index in [9.17, 15) is 4.79 Å². The van der Waals surface area contributed by atoms with Gasteiger partial charge < -0.3 is 15.1 Å². The highest BCUT2D eigenvalue weighted by atomic mass is 16.3. The summed E-state index contributed by atoms with van der Waals surface area (Å²) in [4.78, 5) is 14.3. The van der Waals surface area contributed by atoms with Crippen LogP contribution in [0, 0.1) is 6.92 Å². The number of amides is 1. The smallest absolute Gasteiger partial charge is 0.257 e. The number of hydrogen-bond donors (Lipinski definition) is 1. The third-order valence-corrected chi connectivity index (χ3v) is 3.26. The van der Waals surface area contributed by atoms with Crippen LogP contribution in [0.5, 0.6) is 0 Å². The molecule has 2 rings (SSSR count). The van der Waals surface area contributed by atoms with Gasteiger partial charge >= 0.3 is 0 Å². The fourth-order valence-corrected chi connectivity index (χ4v) is 2.07. The number of carbonyl (C=O) groups is 1. The standard InChI is InChI=1S/C16H20N2O2/c1-11(2)18(9-13-6-4-5-7-15(13)17)16(19)14-8-12(3)20-10-14/h4-8,10-11H,9,17H2,1-3H3. The van der Waals surface area contributed by atoms with Gasteiger partial charge in [0.05, 0.1) is 5.56 Å². The first-order valence-electron chi connectivity index (χ1n) is 6.68. The minimum Gasteiger partial charge on any atom is -0.469 e. The lowest BCUT2D eigenvalue weighted by atomic mass is 10.1. The Hall–Kier alpha value is -2.23. The summed E-state index contributed by atoms with van der Waals surface area (Å²) < 4.78 is 5.22. The Balaban J connectivity index is 2.24. The summed E-state index contributed by atoms with van der Waals surface area (Å²) in [5, 5.41) is 0. The summed E-state index contributed by atoms with van der Waals surface area (Å²) in [7, 11) is 0. The quantitative estimate of drug-likeness (QED) is 0.869. The zero-order chi connectivity index (χ0) is 14.7. The molecule has 0 spiro atoms. The number of para-hydroxylation sites is 1. The Bertz CT molecular complexity index is 602. The van der Waals surface area contributed by atoms with Crippen molar-refractivity contribution < 1.29 is 9.21 Å². The Kier molecular flexibility index (Phi) is 4.13. The summed E-state index contributed by atoms with van der Waals surface area (Å²) in [6.45, 7) is 6.30. The molecule has 0 bridgehead atoms. The fraction of sp³-hybridized carbons (Fsp3) is 0.312. The number of carbonyl (C=O) groups excluding carboxylic acids is 1. The normalized spacial score (nSPS) is 10.8. The number of nitrogens with zero attached hydrogens (tertiary/aromatic N) is 1. The Morgan fingerprint density at radius 2 is 2.05 bits per heavy atom. The molecule has 1 heterocycles. The van der Waals surface area contributed by atoms with Gasteiger partial charge in [-0.25, -0.2) is 0 Å². The lowest BCUT2D eigenvalue weighted by Crippen LogP contribution is -2.36. The van der Waals surface area contributed by atoms with E-state index in [2.05, 4.69) is 0 Å². The van der Waals surface area contributed by atoms with Crippen LogP contribution in [-0.2, 0) is 6.54 Å². The third kappa shape index (κ3) is 3.02. The van der Waals surface area contributed by atoms with Crippen LogP contribution in [0.4, 0.5) is 5.69 Å². The van der Waals surface area contributed by atoms with Crippen LogP contribution in [0.3, 0.4) is 0 Å². The molecule has 0 radical (unpaired) electrons. The van der Waals surface area contributed by atoms with Crippen molar-refractivity contribution in [1.29, 1.82) is 0 Å². The summed E-state index contributed by atoms with van der Waals surface area (Å²) in [6.07, 6.45) is 1.50. The molecule has 0 aliphatic rings. The van der Waals surface area contributed by atoms with E-state index in [1.807, 2.05) is 45.0 Å². The van der Waals surface area contributed by atoms with E-state index in [1.165, 1.54) is 6.26 Å². The molecule has 106 valence electrons. The Morgan fingerprint density at radius 3 is 2.60 bits per heavy atom. The van der Waals surface area contributed by atoms with Crippen LogP contribution < -0.4 is 5.73 Å². The number of nitrogens with two attached hydrogens (primary N) is 1. The summed E-state index contributed by atoms with van der Waals surface area (Å²) in [6, 6.07) is 9.44. The van der Waals surface area contributed by atoms with Crippen LogP contribution in [0.25, 0.3) is 0 Å². The van der Waals surface area contributed by atoms with Gasteiger partial charge in [-0.05, 0) is 38.5 Å². The number of furan rings is 1. The van der Waals surface area contributed by atoms with Gasteiger partial charge in [0.2, 0.25) is 0 Å². The molecule has 4 nitrogen and oxygen atoms in total. The predicted molar refractivity (Wildman–Crippen MR) is 79.3 cm³/mol. The number of nitrogen functional groups attached to an aromatic ring is 1. The molecular formula is C16H20N2O2. The van der Waals surface area contributed by atoms with Gasteiger partial charge in [-0.15, -0.1) is 0 Å². The molecule has 1 amide bonds. The number of rotatable bonds is 4. The lowest BCUT2D eigenvalue weighted by molar-refractivity contribution is 0.0690. The van der Waals surface area contributed by atoms with E-state index in [0.29, 0.717) is 17.8 Å². The van der Waals surface area contributed by atoms with E-state index >= 15 is 0 Å². The van der Waals surface area contributed by atoms with E-state index < -0.39 is 0 Å². The van der Waals surface area contributed by atoms with Gasteiger partial charge in [-0.3, -0.25) is 4.79 Å².